The van der Waals surface area contributed by atoms with Gasteiger partial charge in [0.15, 0.2) is 0 Å². The summed E-state index contributed by atoms with van der Waals surface area (Å²) in [7, 11) is 0. The molecule has 1 amide bonds. The van der Waals surface area contributed by atoms with Crippen LogP contribution in [0.25, 0.3) is 0 Å². The average molecular weight is 258 g/mol. The zero-order chi connectivity index (χ0) is 13.2. The van der Waals surface area contributed by atoms with Crippen molar-refractivity contribution in [1.82, 2.24) is 10.6 Å². The third-order valence-corrected chi connectivity index (χ3v) is 3.13. The third kappa shape index (κ3) is 7.63. The molecular weight excluding hydrogens is 232 g/mol. The number of carbonyl (C=O) groups excluding carboxylic acids is 1. The van der Waals surface area contributed by atoms with Crippen LogP contribution in [0, 0.1) is 0 Å². The number of rotatable bonds is 8. The van der Waals surface area contributed by atoms with Crippen molar-refractivity contribution in [1.29, 1.82) is 0 Å². The van der Waals surface area contributed by atoms with Crippen LogP contribution < -0.4 is 10.6 Å². The molecule has 0 saturated heterocycles. The van der Waals surface area contributed by atoms with E-state index in [0.717, 1.165) is 12.8 Å². The van der Waals surface area contributed by atoms with E-state index < -0.39 is 6.10 Å². The lowest BCUT2D eigenvalue weighted by Crippen LogP contribution is -2.36. The summed E-state index contributed by atoms with van der Waals surface area (Å²) in [6.45, 7) is 3.66. The Morgan fingerprint density at radius 1 is 1.33 bits per heavy atom. The molecule has 1 aliphatic rings. The van der Waals surface area contributed by atoms with Crippen molar-refractivity contribution >= 4 is 5.91 Å². The quantitative estimate of drug-likeness (QED) is 0.552. The number of hydrogen-bond donors (Lipinski definition) is 3. The normalized spacial score (nSPS) is 18.6. The second-order valence-corrected chi connectivity index (χ2v) is 4.93. The number of ether oxygens (including phenoxy) is 1. The van der Waals surface area contributed by atoms with Crippen LogP contribution in [-0.2, 0) is 9.53 Å². The van der Waals surface area contributed by atoms with Crippen molar-refractivity contribution < 1.29 is 14.6 Å². The van der Waals surface area contributed by atoms with Gasteiger partial charge < -0.3 is 20.5 Å². The molecule has 0 radical (unpaired) electrons. The van der Waals surface area contributed by atoms with Gasteiger partial charge in [-0.1, -0.05) is 19.3 Å². The van der Waals surface area contributed by atoms with Gasteiger partial charge in [-0.25, -0.2) is 0 Å². The summed E-state index contributed by atoms with van der Waals surface area (Å²) in [5, 5.41) is 15.5. The van der Waals surface area contributed by atoms with Crippen LogP contribution in [0.3, 0.4) is 0 Å². The molecule has 1 rings (SSSR count). The van der Waals surface area contributed by atoms with Crippen molar-refractivity contribution in [3.63, 3.8) is 0 Å². The van der Waals surface area contributed by atoms with Crippen LogP contribution in [0.5, 0.6) is 0 Å². The highest BCUT2D eigenvalue weighted by Gasteiger charge is 2.15. The van der Waals surface area contributed by atoms with Gasteiger partial charge in [0.2, 0.25) is 5.91 Å². The topological polar surface area (TPSA) is 70.6 Å². The molecule has 18 heavy (non-hydrogen) atoms. The van der Waals surface area contributed by atoms with Crippen molar-refractivity contribution in [2.75, 3.05) is 26.2 Å². The molecule has 0 aliphatic heterocycles. The van der Waals surface area contributed by atoms with Gasteiger partial charge >= 0.3 is 0 Å². The van der Waals surface area contributed by atoms with Gasteiger partial charge in [0, 0.05) is 26.6 Å². The first-order valence-corrected chi connectivity index (χ1v) is 6.93. The van der Waals surface area contributed by atoms with Crippen LogP contribution in [0.15, 0.2) is 0 Å². The molecule has 5 heteroatoms. The van der Waals surface area contributed by atoms with Crippen LogP contribution in [0.1, 0.15) is 39.0 Å². The van der Waals surface area contributed by atoms with Gasteiger partial charge in [-0.2, -0.15) is 0 Å². The van der Waals surface area contributed by atoms with Crippen LogP contribution in [0.4, 0.5) is 0 Å². The van der Waals surface area contributed by atoms with Gasteiger partial charge in [-0.3, -0.25) is 4.79 Å². The molecule has 106 valence electrons. The second-order valence-electron chi connectivity index (χ2n) is 4.93. The van der Waals surface area contributed by atoms with E-state index in [1.165, 1.54) is 26.2 Å². The van der Waals surface area contributed by atoms with Gasteiger partial charge in [-0.15, -0.1) is 0 Å². The molecule has 1 fully saturated rings. The maximum Gasteiger partial charge on any atom is 0.216 e. The molecule has 1 unspecified atom stereocenters. The number of amides is 1. The van der Waals surface area contributed by atoms with Crippen molar-refractivity contribution in [2.24, 2.45) is 0 Å². The maximum absolute atomic E-state index is 10.6. The Bertz CT molecular complexity index is 230. The Labute approximate surface area is 109 Å². The molecule has 0 spiro atoms. The standard InChI is InChI=1S/C13H26N2O3/c1-11(16)15-8-7-14-9-12(17)10-18-13-5-3-2-4-6-13/h12-14,17H,2-10H2,1H3,(H,15,16). The van der Waals surface area contributed by atoms with E-state index >= 15 is 0 Å². The van der Waals surface area contributed by atoms with Crippen LogP contribution >= 0.6 is 0 Å². The van der Waals surface area contributed by atoms with E-state index in [2.05, 4.69) is 10.6 Å². The minimum Gasteiger partial charge on any atom is -0.389 e. The smallest absolute Gasteiger partial charge is 0.216 e. The van der Waals surface area contributed by atoms with E-state index in [4.69, 9.17) is 4.74 Å². The first-order chi connectivity index (χ1) is 8.68. The van der Waals surface area contributed by atoms with Crippen molar-refractivity contribution in [2.45, 2.75) is 51.2 Å². The fraction of sp³-hybridized carbons (Fsp3) is 0.923. The summed E-state index contributed by atoms with van der Waals surface area (Å²) < 4.78 is 5.68. The zero-order valence-corrected chi connectivity index (χ0v) is 11.3. The minimum absolute atomic E-state index is 0.0296. The monoisotopic (exact) mass is 258 g/mol. The maximum atomic E-state index is 10.6. The van der Waals surface area contributed by atoms with Gasteiger partial charge in [0.05, 0.1) is 18.8 Å². The lowest BCUT2D eigenvalue weighted by Gasteiger charge is -2.23. The van der Waals surface area contributed by atoms with Gasteiger partial charge in [0.1, 0.15) is 0 Å². The molecule has 0 bridgehead atoms. The molecule has 1 saturated carbocycles. The van der Waals surface area contributed by atoms with E-state index in [9.17, 15) is 9.90 Å². The number of aliphatic hydroxyl groups excluding tert-OH is 1. The van der Waals surface area contributed by atoms with E-state index in [0.29, 0.717) is 32.3 Å². The minimum atomic E-state index is -0.468. The fourth-order valence-electron chi connectivity index (χ4n) is 2.13. The number of nitrogens with one attached hydrogen (secondary N) is 2. The largest absolute Gasteiger partial charge is 0.389 e. The lowest BCUT2D eigenvalue weighted by atomic mass is 9.98. The van der Waals surface area contributed by atoms with Crippen LogP contribution in [0.2, 0.25) is 0 Å². The molecule has 0 aromatic rings. The fourth-order valence-corrected chi connectivity index (χ4v) is 2.13. The summed E-state index contributed by atoms with van der Waals surface area (Å²) in [5.41, 5.74) is 0. The Morgan fingerprint density at radius 2 is 2.06 bits per heavy atom. The van der Waals surface area contributed by atoms with E-state index in [-0.39, 0.29) is 5.91 Å². The SMILES string of the molecule is CC(=O)NCCNCC(O)COC1CCCCC1. The Hall–Kier alpha value is -0.650. The van der Waals surface area contributed by atoms with E-state index in [1.807, 2.05) is 0 Å². The molecule has 1 aliphatic carbocycles. The highest BCUT2D eigenvalue weighted by atomic mass is 16.5. The Kier molecular flexibility index (Phi) is 7.96. The average Bonchev–Trinajstić information content (AvgIpc) is 2.37. The number of carbonyl (C=O) groups is 1. The molecular formula is C13H26N2O3. The zero-order valence-electron chi connectivity index (χ0n) is 11.3. The van der Waals surface area contributed by atoms with Crippen molar-refractivity contribution in [3.05, 3.63) is 0 Å². The Balaban J connectivity index is 1.93. The number of aliphatic hydroxyl groups is 1. The molecule has 5 nitrogen and oxygen atoms in total. The summed E-state index contributed by atoms with van der Waals surface area (Å²) >= 11 is 0. The predicted octanol–water partition coefficient (Wildman–Crippen LogP) is 0.422. The summed E-state index contributed by atoms with van der Waals surface area (Å²) in [5.74, 6) is -0.0296. The second kappa shape index (κ2) is 9.30. The Morgan fingerprint density at radius 3 is 2.72 bits per heavy atom. The van der Waals surface area contributed by atoms with Crippen LogP contribution in [-0.4, -0.2) is 49.5 Å². The highest BCUT2D eigenvalue weighted by Crippen LogP contribution is 2.20. The highest BCUT2D eigenvalue weighted by molar-refractivity contribution is 5.72. The summed E-state index contributed by atoms with van der Waals surface area (Å²) in [6.07, 6.45) is 5.93. The summed E-state index contributed by atoms with van der Waals surface area (Å²) in [6, 6.07) is 0. The van der Waals surface area contributed by atoms with Gasteiger partial charge in [0.25, 0.3) is 0 Å². The number of hydrogen-bond acceptors (Lipinski definition) is 4. The van der Waals surface area contributed by atoms with Gasteiger partial charge in [-0.05, 0) is 12.8 Å². The van der Waals surface area contributed by atoms with Crippen molar-refractivity contribution in [3.8, 4) is 0 Å². The first-order valence-electron chi connectivity index (χ1n) is 6.93. The van der Waals surface area contributed by atoms with E-state index in [1.54, 1.807) is 0 Å². The first kappa shape index (κ1) is 15.4. The molecule has 0 heterocycles. The predicted molar refractivity (Wildman–Crippen MR) is 70.4 cm³/mol. The lowest BCUT2D eigenvalue weighted by molar-refractivity contribution is -0.118. The molecule has 0 aromatic carbocycles. The molecule has 3 N–H and O–H groups in total. The molecule has 1 atom stereocenters. The molecule has 0 aromatic heterocycles. The summed E-state index contributed by atoms with van der Waals surface area (Å²) in [4.78, 5) is 10.6. The third-order valence-electron chi connectivity index (χ3n) is 3.13.